The molecule has 29 heavy (non-hydrogen) atoms. The van der Waals surface area contributed by atoms with Crippen LogP contribution < -0.4 is 5.43 Å². The Bertz CT molecular complexity index is 980. The number of halogens is 1. The Hall–Kier alpha value is -2.94. The van der Waals surface area contributed by atoms with Gasteiger partial charge in [-0.25, -0.2) is 14.4 Å². The van der Waals surface area contributed by atoms with E-state index in [0.717, 1.165) is 4.47 Å². The van der Waals surface area contributed by atoms with Crippen LogP contribution in [0.25, 0.3) is 5.69 Å². The SMILES string of the molecule is CCOC(=O)c1cn(-c2ccc(Br)cc2)c(C(=O)OCC)c(C(=O)OCC)c1=O. The number of esters is 3. The molecule has 0 aliphatic carbocycles. The van der Waals surface area contributed by atoms with Gasteiger partial charge in [0.15, 0.2) is 5.69 Å². The van der Waals surface area contributed by atoms with Gasteiger partial charge in [-0.05, 0) is 45.0 Å². The zero-order chi connectivity index (χ0) is 21.6. The molecule has 0 atom stereocenters. The summed E-state index contributed by atoms with van der Waals surface area (Å²) in [6.45, 7) is 4.77. The van der Waals surface area contributed by atoms with Crippen molar-refractivity contribution in [3.8, 4) is 5.69 Å². The standard InChI is InChI=1S/C20H20BrNO7/c1-4-27-18(24)14-11-22(13-9-7-12(21)8-10-13)16(20(26)29-6-3)15(17(14)23)19(25)28-5-2/h7-11H,4-6H2,1-3H3. The van der Waals surface area contributed by atoms with Gasteiger partial charge in [0.25, 0.3) is 0 Å². The largest absolute Gasteiger partial charge is 0.462 e. The average molecular weight is 466 g/mol. The van der Waals surface area contributed by atoms with Crippen molar-refractivity contribution < 1.29 is 28.6 Å². The van der Waals surface area contributed by atoms with Gasteiger partial charge in [0, 0.05) is 16.4 Å². The predicted molar refractivity (Wildman–Crippen MR) is 108 cm³/mol. The molecule has 0 saturated heterocycles. The molecule has 8 nitrogen and oxygen atoms in total. The number of carbonyl (C=O) groups excluding carboxylic acids is 3. The molecular formula is C20H20BrNO7. The maximum atomic E-state index is 12.9. The summed E-state index contributed by atoms with van der Waals surface area (Å²) in [5, 5.41) is 0. The Morgan fingerprint density at radius 3 is 1.93 bits per heavy atom. The first-order valence-corrected chi connectivity index (χ1v) is 9.71. The molecule has 9 heteroatoms. The van der Waals surface area contributed by atoms with Gasteiger partial charge in [0.05, 0.1) is 19.8 Å². The van der Waals surface area contributed by atoms with Crippen LogP contribution in [-0.2, 0) is 14.2 Å². The summed E-state index contributed by atoms with van der Waals surface area (Å²) in [4.78, 5) is 50.5. The fraction of sp³-hybridized carbons (Fsp3) is 0.300. The minimum Gasteiger partial charge on any atom is -0.462 e. The number of rotatable bonds is 7. The average Bonchev–Trinajstić information content (AvgIpc) is 2.68. The van der Waals surface area contributed by atoms with Crippen LogP contribution in [0.5, 0.6) is 0 Å². The third-order valence-corrected chi connectivity index (χ3v) is 4.28. The fourth-order valence-corrected chi connectivity index (χ4v) is 2.83. The van der Waals surface area contributed by atoms with E-state index < -0.39 is 34.5 Å². The minimum atomic E-state index is -1.03. The van der Waals surface area contributed by atoms with Crippen molar-refractivity contribution in [1.29, 1.82) is 0 Å². The summed E-state index contributed by atoms with van der Waals surface area (Å²) in [5.41, 5.74) is -1.85. The van der Waals surface area contributed by atoms with Gasteiger partial charge in [-0.15, -0.1) is 0 Å². The molecule has 0 radical (unpaired) electrons. The van der Waals surface area contributed by atoms with E-state index in [2.05, 4.69) is 15.9 Å². The van der Waals surface area contributed by atoms with Crippen LogP contribution >= 0.6 is 15.9 Å². The smallest absolute Gasteiger partial charge is 0.356 e. The number of carbonyl (C=O) groups is 3. The van der Waals surface area contributed by atoms with E-state index in [9.17, 15) is 19.2 Å². The first-order chi connectivity index (χ1) is 13.8. The molecule has 1 heterocycles. The van der Waals surface area contributed by atoms with Crippen LogP contribution in [0.3, 0.4) is 0 Å². The van der Waals surface area contributed by atoms with Crippen molar-refractivity contribution in [1.82, 2.24) is 4.57 Å². The number of pyridine rings is 1. The molecule has 0 bridgehead atoms. The summed E-state index contributed by atoms with van der Waals surface area (Å²) in [5.74, 6) is -2.84. The molecule has 1 aromatic heterocycles. The van der Waals surface area contributed by atoms with Crippen molar-refractivity contribution >= 4 is 33.8 Å². The van der Waals surface area contributed by atoms with Gasteiger partial charge >= 0.3 is 17.9 Å². The Morgan fingerprint density at radius 1 is 0.862 bits per heavy atom. The van der Waals surface area contributed by atoms with E-state index >= 15 is 0 Å². The van der Waals surface area contributed by atoms with Crippen LogP contribution in [0.2, 0.25) is 0 Å². The highest BCUT2D eigenvalue weighted by molar-refractivity contribution is 9.10. The third-order valence-electron chi connectivity index (χ3n) is 3.76. The lowest BCUT2D eigenvalue weighted by Gasteiger charge is -2.17. The topological polar surface area (TPSA) is 101 Å². The Morgan fingerprint density at radius 2 is 1.38 bits per heavy atom. The molecule has 2 aromatic rings. The molecule has 1 aromatic carbocycles. The molecule has 0 N–H and O–H groups in total. The van der Waals surface area contributed by atoms with Crippen molar-refractivity contribution in [3.63, 3.8) is 0 Å². The molecule has 0 unspecified atom stereocenters. The van der Waals surface area contributed by atoms with Crippen molar-refractivity contribution in [2.45, 2.75) is 20.8 Å². The monoisotopic (exact) mass is 465 g/mol. The molecule has 0 aliphatic heterocycles. The van der Waals surface area contributed by atoms with Gasteiger partial charge in [-0.3, -0.25) is 4.79 Å². The molecular weight excluding hydrogens is 446 g/mol. The van der Waals surface area contributed by atoms with Crippen LogP contribution in [-0.4, -0.2) is 42.3 Å². The second-order valence-electron chi connectivity index (χ2n) is 5.60. The quantitative estimate of drug-likeness (QED) is 0.457. The highest BCUT2D eigenvalue weighted by Crippen LogP contribution is 2.20. The maximum absolute atomic E-state index is 12.9. The maximum Gasteiger partial charge on any atom is 0.356 e. The second kappa shape index (κ2) is 10.0. The van der Waals surface area contributed by atoms with E-state index in [4.69, 9.17) is 14.2 Å². The van der Waals surface area contributed by atoms with Crippen LogP contribution in [0.4, 0.5) is 0 Å². The van der Waals surface area contributed by atoms with Gasteiger partial charge in [-0.2, -0.15) is 0 Å². The van der Waals surface area contributed by atoms with Crippen molar-refractivity contribution in [2.24, 2.45) is 0 Å². The molecule has 2 rings (SSSR count). The molecule has 0 amide bonds. The van der Waals surface area contributed by atoms with E-state index in [-0.39, 0.29) is 25.5 Å². The summed E-state index contributed by atoms with van der Waals surface area (Å²) >= 11 is 3.32. The number of hydrogen-bond acceptors (Lipinski definition) is 7. The van der Waals surface area contributed by atoms with Crippen LogP contribution in [0.15, 0.2) is 39.7 Å². The number of aromatic nitrogens is 1. The van der Waals surface area contributed by atoms with Gasteiger partial charge in [0.1, 0.15) is 11.1 Å². The summed E-state index contributed by atoms with van der Waals surface area (Å²) in [6.07, 6.45) is 1.17. The summed E-state index contributed by atoms with van der Waals surface area (Å²) < 4.78 is 17.0. The number of nitrogens with zero attached hydrogens (tertiary/aromatic N) is 1. The molecule has 0 aliphatic rings. The lowest BCUT2D eigenvalue weighted by molar-refractivity contribution is 0.0465. The summed E-state index contributed by atoms with van der Waals surface area (Å²) in [7, 11) is 0. The normalized spacial score (nSPS) is 10.3. The van der Waals surface area contributed by atoms with Gasteiger partial charge < -0.3 is 18.8 Å². The molecule has 0 spiro atoms. The number of ether oxygens (including phenoxy) is 3. The van der Waals surface area contributed by atoms with E-state index in [0.29, 0.717) is 5.69 Å². The highest BCUT2D eigenvalue weighted by atomic mass is 79.9. The molecule has 0 saturated carbocycles. The molecule has 154 valence electrons. The van der Waals surface area contributed by atoms with E-state index in [1.807, 2.05) is 0 Å². The highest BCUT2D eigenvalue weighted by Gasteiger charge is 2.31. The second-order valence-corrected chi connectivity index (χ2v) is 6.52. The van der Waals surface area contributed by atoms with Crippen molar-refractivity contribution in [3.05, 3.63) is 62.0 Å². The Kier molecular flexibility index (Phi) is 7.72. The Balaban J connectivity index is 2.91. The summed E-state index contributed by atoms with van der Waals surface area (Å²) in [6, 6.07) is 6.69. The van der Waals surface area contributed by atoms with Crippen molar-refractivity contribution in [2.75, 3.05) is 19.8 Å². The van der Waals surface area contributed by atoms with E-state index in [1.54, 1.807) is 45.0 Å². The van der Waals surface area contributed by atoms with Crippen LogP contribution in [0, 0.1) is 0 Å². The van der Waals surface area contributed by atoms with Gasteiger partial charge in [-0.1, -0.05) is 15.9 Å². The lowest BCUT2D eigenvalue weighted by Crippen LogP contribution is -2.32. The first kappa shape index (κ1) is 22.4. The number of benzene rings is 1. The van der Waals surface area contributed by atoms with Gasteiger partial charge in [0.2, 0.25) is 5.43 Å². The van der Waals surface area contributed by atoms with E-state index in [1.165, 1.54) is 10.8 Å². The van der Waals surface area contributed by atoms with Crippen LogP contribution in [0.1, 0.15) is 52.0 Å². The lowest BCUT2D eigenvalue weighted by atomic mass is 10.1. The third kappa shape index (κ3) is 4.92. The predicted octanol–water partition coefficient (Wildman–Crippen LogP) is 3.13. The number of hydrogen-bond donors (Lipinski definition) is 0. The zero-order valence-corrected chi connectivity index (χ0v) is 17.8. The zero-order valence-electron chi connectivity index (χ0n) is 16.2. The first-order valence-electron chi connectivity index (χ1n) is 8.92. The molecule has 0 fully saturated rings. The fourth-order valence-electron chi connectivity index (χ4n) is 2.57. The minimum absolute atomic E-state index is 0.0231. The Labute approximate surface area is 175 Å².